The van der Waals surface area contributed by atoms with Crippen LogP contribution in [0.3, 0.4) is 0 Å². The molecule has 4 rings (SSSR count). The molecule has 1 atom stereocenters. The molecule has 0 radical (unpaired) electrons. The summed E-state index contributed by atoms with van der Waals surface area (Å²) >= 11 is 6.54. The van der Waals surface area contributed by atoms with E-state index in [0.29, 0.717) is 11.1 Å². The van der Waals surface area contributed by atoms with Crippen molar-refractivity contribution in [2.45, 2.75) is 6.10 Å². The molecule has 2 heterocycles. The zero-order valence-corrected chi connectivity index (χ0v) is 19.7. The van der Waals surface area contributed by atoms with Gasteiger partial charge in [0.15, 0.2) is 0 Å². The number of aliphatic hydroxyl groups is 1. The Morgan fingerprint density at radius 2 is 1.56 bits per heavy atom. The summed E-state index contributed by atoms with van der Waals surface area (Å²) in [4.78, 5) is 17.5. The van der Waals surface area contributed by atoms with Gasteiger partial charge in [0.25, 0.3) is 0 Å². The Bertz CT molecular complexity index is 1130. The molecule has 0 fully saturated rings. The maximum absolute atomic E-state index is 13.4. The van der Waals surface area contributed by atoms with Crippen LogP contribution in [0.25, 0.3) is 0 Å². The molecule has 4 aromatic rings. The zero-order valence-electron chi connectivity index (χ0n) is 16.6. The monoisotopic (exact) mass is 562 g/mol. The number of rotatable bonds is 3. The van der Waals surface area contributed by atoms with Crippen molar-refractivity contribution in [2.75, 3.05) is 0 Å². The molecule has 1 N–H and O–H groups in total. The van der Waals surface area contributed by atoms with Crippen molar-refractivity contribution in [2.24, 2.45) is 0 Å². The molecule has 4 nitrogen and oxygen atoms in total. The lowest BCUT2D eigenvalue weighted by Crippen LogP contribution is -2.04. The number of hydrogen-bond donors (Lipinski definition) is 1. The van der Waals surface area contributed by atoms with Crippen LogP contribution in [0.15, 0.2) is 100 Å². The first-order valence-electron chi connectivity index (χ1n) is 9.21. The molecule has 0 spiro atoms. The van der Waals surface area contributed by atoms with Gasteiger partial charge in [0.2, 0.25) is 0 Å². The normalized spacial score (nSPS) is 10.7. The third-order valence-electron chi connectivity index (χ3n) is 3.82. The van der Waals surface area contributed by atoms with Crippen LogP contribution in [0.5, 0.6) is 0 Å². The van der Waals surface area contributed by atoms with E-state index in [-0.39, 0.29) is 11.5 Å². The van der Waals surface area contributed by atoms with Gasteiger partial charge in [-0.15, -0.1) is 0 Å². The smallest absolute Gasteiger partial charge is 0.150 e. The third-order valence-corrected chi connectivity index (χ3v) is 4.81. The molecule has 2 aromatic heterocycles. The van der Waals surface area contributed by atoms with Gasteiger partial charge in [-0.25, -0.2) is 8.78 Å². The van der Waals surface area contributed by atoms with Crippen molar-refractivity contribution in [3.05, 3.63) is 129 Å². The van der Waals surface area contributed by atoms with Crippen molar-refractivity contribution in [1.82, 2.24) is 9.97 Å². The minimum Gasteiger partial charge on any atom is -0.382 e. The molecule has 0 saturated carbocycles. The minimum absolute atomic E-state index is 0.0422. The summed E-state index contributed by atoms with van der Waals surface area (Å²) in [6.45, 7) is 0. The molecule has 0 saturated heterocycles. The van der Waals surface area contributed by atoms with Gasteiger partial charge in [0.05, 0.1) is 6.20 Å². The summed E-state index contributed by atoms with van der Waals surface area (Å²) in [5, 5.41) is 9.97. The Morgan fingerprint density at radius 1 is 0.875 bits per heavy atom. The molecule has 2 aromatic carbocycles. The Hall–Kier alpha value is -2.81. The maximum atomic E-state index is 13.4. The van der Waals surface area contributed by atoms with Gasteiger partial charge in [0.1, 0.15) is 29.7 Å². The first kappa shape index (κ1) is 25.5. The minimum atomic E-state index is -1.04. The second-order valence-electron chi connectivity index (χ2n) is 6.17. The van der Waals surface area contributed by atoms with Crippen LogP contribution < -0.4 is 0 Å². The van der Waals surface area contributed by atoms with E-state index in [1.54, 1.807) is 36.4 Å². The predicted molar refractivity (Wildman–Crippen MR) is 126 cm³/mol. The summed E-state index contributed by atoms with van der Waals surface area (Å²) in [6, 6.07) is 20.0. The highest BCUT2D eigenvalue weighted by Crippen LogP contribution is 2.24. The van der Waals surface area contributed by atoms with Crippen molar-refractivity contribution in [3.63, 3.8) is 0 Å². The van der Waals surface area contributed by atoms with Crippen molar-refractivity contribution >= 4 is 38.1 Å². The topological polar surface area (TPSA) is 63.1 Å². The highest BCUT2D eigenvalue weighted by Gasteiger charge is 2.15. The molecule has 0 amide bonds. The standard InChI is InChI=1S/C12H9BrFNO.C7H5BrO.C5H4FN/c13-9-4-1-3-8(7-9)12(16)11-10(14)5-2-6-15-11;8-7-3-1-2-6(4-7)5-9;6-5-2-1-3-7-4-5/h1-7,12,16H;1-5H;1-4H. The van der Waals surface area contributed by atoms with E-state index in [2.05, 4.69) is 41.8 Å². The average molecular weight is 564 g/mol. The lowest BCUT2D eigenvalue weighted by molar-refractivity contribution is 0.112. The van der Waals surface area contributed by atoms with E-state index >= 15 is 0 Å². The van der Waals surface area contributed by atoms with E-state index in [1.165, 1.54) is 36.8 Å². The second kappa shape index (κ2) is 13.6. The van der Waals surface area contributed by atoms with Crippen LogP contribution in [0.1, 0.15) is 27.7 Å². The lowest BCUT2D eigenvalue weighted by Gasteiger charge is -2.11. The average Bonchev–Trinajstić information content (AvgIpc) is 2.80. The van der Waals surface area contributed by atoms with Gasteiger partial charge < -0.3 is 5.11 Å². The molecule has 8 heteroatoms. The number of hydrogen-bond acceptors (Lipinski definition) is 4. The second-order valence-corrected chi connectivity index (χ2v) is 8.00. The van der Waals surface area contributed by atoms with Crippen LogP contribution in [-0.4, -0.2) is 21.4 Å². The number of benzene rings is 2. The molecule has 164 valence electrons. The molecule has 0 aliphatic rings. The van der Waals surface area contributed by atoms with Gasteiger partial charge in [0, 0.05) is 26.9 Å². The number of carbonyl (C=O) groups excluding carboxylic acids is 1. The summed E-state index contributed by atoms with van der Waals surface area (Å²) in [5.74, 6) is -0.794. The number of carbonyl (C=O) groups is 1. The Morgan fingerprint density at radius 3 is 2.06 bits per heavy atom. The molecule has 0 bridgehead atoms. The first-order valence-corrected chi connectivity index (χ1v) is 10.8. The fraction of sp³-hybridized carbons (Fsp3) is 0.0417. The van der Waals surface area contributed by atoms with Crippen LogP contribution >= 0.6 is 31.9 Å². The van der Waals surface area contributed by atoms with Gasteiger partial charge in [-0.3, -0.25) is 14.8 Å². The number of pyridine rings is 2. The van der Waals surface area contributed by atoms with Crippen LogP contribution in [0.2, 0.25) is 0 Å². The number of aromatic nitrogens is 2. The van der Waals surface area contributed by atoms with Crippen LogP contribution in [-0.2, 0) is 0 Å². The van der Waals surface area contributed by atoms with Crippen molar-refractivity contribution in [3.8, 4) is 0 Å². The van der Waals surface area contributed by atoms with E-state index < -0.39 is 11.9 Å². The summed E-state index contributed by atoms with van der Waals surface area (Å²) in [5.41, 5.74) is 1.34. The van der Waals surface area contributed by atoms with Crippen molar-refractivity contribution in [1.29, 1.82) is 0 Å². The van der Waals surface area contributed by atoms with Crippen LogP contribution in [0.4, 0.5) is 8.78 Å². The van der Waals surface area contributed by atoms with E-state index in [9.17, 15) is 18.7 Å². The lowest BCUT2D eigenvalue weighted by atomic mass is 10.1. The zero-order chi connectivity index (χ0) is 23.3. The van der Waals surface area contributed by atoms with Gasteiger partial charge >= 0.3 is 0 Å². The number of aliphatic hydroxyl groups excluding tert-OH is 1. The largest absolute Gasteiger partial charge is 0.382 e. The highest BCUT2D eigenvalue weighted by molar-refractivity contribution is 9.10. The first-order chi connectivity index (χ1) is 15.4. The van der Waals surface area contributed by atoms with Crippen molar-refractivity contribution < 1.29 is 18.7 Å². The van der Waals surface area contributed by atoms with E-state index in [0.717, 1.165) is 15.2 Å². The summed E-state index contributed by atoms with van der Waals surface area (Å²) in [6.07, 6.45) is 3.94. The number of nitrogens with zero attached hydrogens (tertiary/aromatic N) is 2. The fourth-order valence-corrected chi connectivity index (χ4v) is 3.19. The quantitative estimate of drug-likeness (QED) is 0.287. The predicted octanol–water partition coefficient (Wildman–Crippen LogP) is 6.55. The summed E-state index contributed by atoms with van der Waals surface area (Å²) < 4.78 is 27.0. The number of aldehydes is 1. The van der Waals surface area contributed by atoms with E-state index in [4.69, 9.17) is 0 Å². The maximum Gasteiger partial charge on any atom is 0.150 e. The van der Waals surface area contributed by atoms with Gasteiger partial charge in [-0.2, -0.15) is 0 Å². The van der Waals surface area contributed by atoms with Gasteiger partial charge in [-0.1, -0.05) is 56.1 Å². The van der Waals surface area contributed by atoms with E-state index in [1.807, 2.05) is 18.2 Å². The molecule has 1 unspecified atom stereocenters. The van der Waals surface area contributed by atoms with Crippen LogP contribution in [0, 0.1) is 11.6 Å². The molecule has 0 aliphatic carbocycles. The fourth-order valence-electron chi connectivity index (χ4n) is 2.36. The molecular formula is C24H18Br2F2N2O2. The SMILES string of the molecule is Fc1cccnc1.O=Cc1cccc(Br)c1.OC(c1cccc(Br)c1)c1ncccc1F. The Kier molecular flexibility index (Phi) is 10.8. The third kappa shape index (κ3) is 8.74. The molecule has 32 heavy (non-hydrogen) atoms. The molecule has 0 aliphatic heterocycles. The van der Waals surface area contributed by atoms with Gasteiger partial charge in [-0.05, 0) is 54.1 Å². The highest BCUT2D eigenvalue weighted by atomic mass is 79.9. The number of halogens is 4. The Labute approximate surface area is 201 Å². The molecular weight excluding hydrogens is 546 g/mol. The summed E-state index contributed by atoms with van der Waals surface area (Å²) in [7, 11) is 0. The Balaban J connectivity index is 0.000000191.